The van der Waals surface area contributed by atoms with Crippen molar-refractivity contribution in [2.24, 2.45) is 0 Å². The first-order valence-corrected chi connectivity index (χ1v) is 5.18. The van der Waals surface area contributed by atoms with Crippen molar-refractivity contribution in [2.45, 2.75) is 0 Å². The third-order valence-corrected chi connectivity index (χ3v) is 2.04. The molecule has 0 saturated heterocycles. The number of halogens is 4. The third-order valence-electron chi connectivity index (χ3n) is 2.04. The highest BCUT2D eigenvalue weighted by Crippen LogP contribution is 2.16. The van der Waals surface area contributed by atoms with Crippen molar-refractivity contribution in [1.82, 2.24) is 5.32 Å². The van der Waals surface area contributed by atoms with Gasteiger partial charge < -0.3 is 15.4 Å². The first kappa shape index (κ1) is 17.7. The number of ether oxygens (including phenoxy) is 1. The highest BCUT2D eigenvalue weighted by atomic mass is 35.5. The summed E-state index contributed by atoms with van der Waals surface area (Å²) in [4.78, 5) is 11.3. The van der Waals surface area contributed by atoms with Gasteiger partial charge in [-0.15, -0.1) is 12.4 Å². The fourth-order valence-corrected chi connectivity index (χ4v) is 1.21. The van der Waals surface area contributed by atoms with Crippen LogP contribution in [0.3, 0.4) is 0 Å². The summed E-state index contributed by atoms with van der Waals surface area (Å²) in [5.74, 6) is -4.75. The zero-order chi connectivity index (χ0) is 13.5. The molecule has 0 radical (unpaired) electrons. The number of hydrogen-bond donors (Lipinski definition) is 2. The van der Waals surface area contributed by atoms with Crippen LogP contribution in [0.1, 0.15) is 0 Å². The minimum absolute atomic E-state index is 0. The molecule has 19 heavy (non-hydrogen) atoms. The number of hydrogen-bond acceptors (Lipinski definition) is 3. The van der Waals surface area contributed by atoms with Crippen LogP contribution in [0.15, 0.2) is 12.1 Å². The SMILES string of the molecule is COCCNCC(=O)Nc1cc(F)c(F)c(F)c1.Cl. The molecule has 0 spiro atoms. The smallest absolute Gasteiger partial charge is 0.238 e. The molecule has 0 atom stereocenters. The molecule has 0 aliphatic carbocycles. The van der Waals surface area contributed by atoms with Gasteiger partial charge in [-0.2, -0.15) is 0 Å². The van der Waals surface area contributed by atoms with Crippen LogP contribution >= 0.6 is 12.4 Å². The van der Waals surface area contributed by atoms with Gasteiger partial charge in [-0.25, -0.2) is 13.2 Å². The predicted molar refractivity (Wildman–Crippen MR) is 66.9 cm³/mol. The Morgan fingerprint density at radius 1 is 1.26 bits per heavy atom. The summed E-state index contributed by atoms with van der Waals surface area (Å²) in [6.07, 6.45) is 0. The molecule has 0 fully saturated rings. The number of carbonyl (C=O) groups is 1. The van der Waals surface area contributed by atoms with Crippen LogP contribution in [0, 0.1) is 17.5 Å². The van der Waals surface area contributed by atoms with Crippen LogP contribution in [0.4, 0.5) is 18.9 Å². The Morgan fingerprint density at radius 2 is 1.84 bits per heavy atom. The van der Waals surface area contributed by atoms with Crippen molar-refractivity contribution >= 4 is 24.0 Å². The molecule has 2 N–H and O–H groups in total. The summed E-state index contributed by atoms with van der Waals surface area (Å²) in [6, 6.07) is 1.43. The number of benzene rings is 1. The Hall–Kier alpha value is -1.31. The fourth-order valence-electron chi connectivity index (χ4n) is 1.21. The molecular formula is C11H14ClF3N2O2. The van der Waals surface area contributed by atoms with E-state index in [2.05, 4.69) is 10.6 Å². The normalized spacial score (nSPS) is 9.89. The summed E-state index contributed by atoms with van der Waals surface area (Å²) < 4.78 is 43.1. The quantitative estimate of drug-likeness (QED) is 0.621. The van der Waals surface area contributed by atoms with Gasteiger partial charge in [-0.1, -0.05) is 0 Å². The first-order chi connectivity index (χ1) is 8.54. The van der Waals surface area contributed by atoms with Gasteiger partial charge in [0.05, 0.1) is 13.2 Å². The van der Waals surface area contributed by atoms with Gasteiger partial charge in [0.1, 0.15) is 0 Å². The molecule has 1 aromatic carbocycles. The summed E-state index contributed by atoms with van der Waals surface area (Å²) >= 11 is 0. The summed E-state index contributed by atoms with van der Waals surface area (Å²) in [7, 11) is 1.52. The predicted octanol–water partition coefficient (Wildman–Crippen LogP) is 1.70. The molecule has 0 unspecified atom stereocenters. The van der Waals surface area contributed by atoms with E-state index in [4.69, 9.17) is 4.74 Å². The van der Waals surface area contributed by atoms with Gasteiger partial charge in [0, 0.05) is 31.5 Å². The molecule has 8 heteroatoms. The van der Waals surface area contributed by atoms with Crippen LogP contribution in [0.5, 0.6) is 0 Å². The number of rotatable bonds is 6. The topological polar surface area (TPSA) is 50.4 Å². The average Bonchev–Trinajstić information content (AvgIpc) is 2.31. The summed E-state index contributed by atoms with van der Waals surface area (Å²) in [5, 5.41) is 4.99. The Bertz CT molecular complexity index is 409. The molecule has 1 amide bonds. The molecule has 0 aliphatic rings. The fraction of sp³-hybridized carbons (Fsp3) is 0.364. The summed E-state index contributed by atoms with van der Waals surface area (Å²) in [5.41, 5.74) is -0.134. The monoisotopic (exact) mass is 298 g/mol. The second kappa shape index (κ2) is 8.73. The number of amides is 1. The lowest BCUT2D eigenvalue weighted by molar-refractivity contribution is -0.115. The highest BCUT2D eigenvalue weighted by Gasteiger charge is 2.11. The summed E-state index contributed by atoms with van der Waals surface area (Å²) in [6.45, 7) is 0.868. The maximum Gasteiger partial charge on any atom is 0.238 e. The molecule has 0 aliphatic heterocycles. The van der Waals surface area contributed by atoms with E-state index in [1.807, 2.05) is 0 Å². The number of anilines is 1. The van der Waals surface area contributed by atoms with Crippen molar-refractivity contribution in [3.63, 3.8) is 0 Å². The van der Waals surface area contributed by atoms with Crippen LogP contribution < -0.4 is 10.6 Å². The van der Waals surface area contributed by atoms with E-state index in [-0.39, 0.29) is 24.6 Å². The first-order valence-electron chi connectivity index (χ1n) is 5.18. The van der Waals surface area contributed by atoms with Crippen LogP contribution in [0.2, 0.25) is 0 Å². The van der Waals surface area contributed by atoms with Gasteiger partial charge in [0.25, 0.3) is 0 Å². The van der Waals surface area contributed by atoms with Crippen molar-refractivity contribution in [2.75, 3.05) is 32.1 Å². The molecule has 0 saturated carbocycles. The Labute approximate surface area is 114 Å². The van der Waals surface area contributed by atoms with E-state index in [1.165, 1.54) is 7.11 Å². The van der Waals surface area contributed by atoms with Crippen LogP contribution in [-0.2, 0) is 9.53 Å². The molecule has 0 heterocycles. The zero-order valence-electron chi connectivity index (χ0n) is 10.1. The van der Waals surface area contributed by atoms with Gasteiger partial charge in [-0.3, -0.25) is 4.79 Å². The largest absolute Gasteiger partial charge is 0.383 e. The van der Waals surface area contributed by atoms with Crippen LogP contribution in [-0.4, -0.2) is 32.7 Å². The van der Waals surface area contributed by atoms with Gasteiger partial charge in [-0.05, 0) is 0 Å². The standard InChI is InChI=1S/C11H13F3N2O2.ClH/c1-18-3-2-15-6-10(17)16-7-4-8(12)11(14)9(13)5-7;/h4-5,15H,2-3,6H2,1H3,(H,16,17);1H. The van der Waals surface area contributed by atoms with Crippen molar-refractivity contribution in [3.8, 4) is 0 Å². The number of carbonyl (C=O) groups excluding carboxylic acids is 1. The van der Waals surface area contributed by atoms with E-state index >= 15 is 0 Å². The van der Waals surface area contributed by atoms with E-state index in [0.717, 1.165) is 0 Å². The molecule has 4 nitrogen and oxygen atoms in total. The number of methoxy groups -OCH3 is 1. The minimum Gasteiger partial charge on any atom is -0.383 e. The lowest BCUT2D eigenvalue weighted by Crippen LogP contribution is -2.30. The molecule has 108 valence electrons. The lowest BCUT2D eigenvalue weighted by Gasteiger charge is -2.07. The van der Waals surface area contributed by atoms with Gasteiger partial charge in [0.2, 0.25) is 5.91 Å². The van der Waals surface area contributed by atoms with Crippen molar-refractivity contribution in [1.29, 1.82) is 0 Å². The molecule has 1 aromatic rings. The molecular weight excluding hydrogens is 285 g/mol. The van der Waals surface area contributed by atoms with Gasteiger partial charge >= 0.3 is 0 Å². The average molecular weight is 299 g/mol. The van der Waals surface area contributed by atoms with Gasteiger partial charge in [0.15, 0.2) is 17.5 Å². The highest BCUT2D eigenvalue weighted by molar-refractivity contribution is 5.92. The second-order valence-electron chi connectivity index (χ2n) is 3.47. The molecule has 1 rings (SSSR count). The van der Waals surface area contributed by atoms with Crippen molar-refractivity contribution in [3.05, 3.63) is 29.6 Å². The maximum atomic E-state index is 12.8. The Morgan fingerprint density at radius 3 is 2.37 bits per heavy atom. The number of nitrogens with one attached hydrogen (secondary N) is 2. The van der Waals surface area contributed by atoms with E-state index in [0.29, 0.717) is 25.3 Å². The molecule has 0 bridgehead atoms. The lowest BCUT2D eigenvalue weighted by atomic mass is 10.3. The molecule has 0 aromatic heterocycles. The maximum absolute atomic E-state index is 12.8. The van der Waals surface area contributed by atoms with E-state index in [9.17, 15) is 18.0 Å². The van der Waals surface area contributed by atoms with E-state index in [1.54, 1.807) is 0 Å². The zero-order valence-corrected chi connectivity index (χ0v) is 11.0. The van der Waals surface area contributed by atoms with E-state index < -0.39 is 23.4 Å². The van der Waals surface area contributed by atoms with Crippen molar-refractivity contribution < 1.29 is 22.7 Å². The minimum atomic E-state index is -1.56. The Balaban J connectivity index is 0.00000324. The van der Waals surface area contributed by atoms with Crippen LogP contribution in [0.25, 0.3) is 0 Å². The Kier molecular flexibility index (Phi) is 8.13. The third kappa shape index (κ3) is 5.91. The second-order valence-corrected chi connectivity index (χ2v) is 3.47.